The summed E-state index contributed by atoms with van der Waals surface area (Å²) in [4.78, 5) is 0. The topological polar surface area (TPSA) is 20.2 Å². The molecule has 1 heteroatoms. The molecule has 11 atom stereocenters. The van der Waals surface area contributed by atoms with Crippen LogP contribution in [-0.4, -0.2) is 11.2 Å². The van der Waals surface area contributed by atoms with E-state index in [9.17, 15) is 5.11 Å². The van der Waals surface area contributed by atoms with E-state index in [1.807, 2.05) is 0 Å². The predicted molar refractivity (Wildman–Crippen MR) is 98.4 cm³/mol. The smallest absolute Gasteiger partial charge is 0.0548 e. The molecule has 5 rings (SSSR count). The number of rotatable bonds is 1. The Balaban J connectivity index is 1.42. The maximum atomic E-state index is 10.6. The van der Waals surface area contributed by atoms with Crippen molar-refractivity contribution in [3.8, 4) is 0 Å². The average Bonchev–Trinajstić information content (AvgIpc) is 3.29. The van der Waals surface area contributed by atoms with Crippen molar-refractivity contribution < 1.29 is 5.11 Å². The Morgan fingerprint density at radius 2 is 1.62 bits per heavy atom. The number of hydrogen-bond donors (Lipinski definition) is 1. The lowest BCUT2D eigenvalue weighted by molar-refractivity contribution is -0.135. The van der Waals surface area contributed by atoms with Crippen LogP contribution in [0.3, 0.4) is 0 Å². The Morgan fingerprint density at radius 3 is 2.42 bits per heavy atom. The SMILES string of the molecule is CC1CCC2C(CCC3C2CCC2(C)C3CC3CC3C2C(C)O)C1. The molecule has 0 aromatic rings. The average molecular weight is 331 g/mol. The first-order chi connectivity index (χ1) is 11.5. The number of hydrogen-bond acceptors (Lipinski definition) is 1. The van der Waals surface area contributed by atoms with E-state index in [1.165, 1.54) is 57.8 Å². The highest BCUT2D eigenvalue weighted by atomic mass is 16.3. The molecular weight excluding hydrogens is 292 g/mol. The Labute approximate surface area is 149 Å². The normalized spacial score (nSPS) is 60.2. The van der Waals surface area contributed by atoms with Crippen LogP contribution in [0, 0.1) is 58.7 Å². The summed E-state index contributed by atoms with van der Waals surface area (Å²) in [6.07, 6.45) is 13.3. The fourth-order valence-electron chi connectivity index (χ4n) is 9.00. The summed E-state index contributed by atoms with van der Waals surface area (Å²) in [5.41, 5.74) is 0.446. The molecule has 0 spiro atoms. The molecule has 0 amide bonds. The third kappa shape index (κ3) is 2.22. The van der Waals surface area contributed by atoms with Crippen molar-refractivity contribution in [2.75, 3.05) is 0 Å². The van der Waals surface area contributed by atoms with E-state index in [1.54, 1.807) is 0 Å². The van der Waals surface area contributed by atoms with E-state index in [2.05, 4.69) is 20.8 Å². The highest BCUT2D eigenvalue weighted by Crippen LogP contribution is 2.70. The van der Waals surface area contributed by atoms with Crippen LogP contribution in [0.15, 0.2) is 0 Å². The molecule has 11 unspecified atom stereocenters. The standard InChI is InChI=1S/C23H38O/c1-13-4-6-17-15(10-13)5-7-19-18(17)8-9-23(3)21(19)12-16-11-20(16)22(23)14(2)24/h13-22,24H,4-12H2,1-3H3. The molecule has 0 aromatic heterocycles. The molecule has 136 valence electrons. The second kappa shape index (κ2) is 5.48. The van der Waals surface area contributed by atoms with Crippen molar-refractivity contribution in [2.45, 2.75) is 84.7 Å². The van der Waals surface area contributed by atoms with Crippen LogP contribution < -0.4 is 0 Å². The van der Waals surface area contributed by atoms with Crippen molar-refractivity contribution in [1.29, 1.82) is 0 Å². The van der Waals surface area contributed by atoms with Gasteiger partial charge in [-0.05, 0) is 117 Å². The minimum absolute atomic E-state index is 0.0868. The molecule has 5 saturated carbocycles. The van der Waals surface area contributed by atoms with E-state index in [0.29, 0.717) is 11.3 Å². The Hall–Kier alpha value is -0.0400. The van der Waals surface area contributed by atoms with Gasteiger partial charge in [0.05, 0.1) is 6.10 Å². The maximum Gasteiger partial charge on any atom is 0.0548 e. The lowest BCUT2D eigenvalue weighted by Crippen LogP contribution is -2.55. The van der Waals surface area contributed by atoms with Crippen LogP contribution in [-0.2, 0) is 0 Å². The summed E-state index contributed by atoms with van der Waals surface area (Å²) in [7, 11) is 0. The van der Waals surface area contributed by atoms with Gasteiger partial charge in [-0.3, -0.25) is 0 Å². The van der Waals surface area contributed by atoms with Gasteiger partial charge in [-0.25, -0.2) is 0 Å². The first kappa shape index (κ1) is 16.2. The number of fused-ring (bicyclic) bond motifs is 6. The number of aliphatic hydroxyl groups is 1. The van der Waals surface area contributed by atoms with Gasteiger partial charge in [-0.15, -0.1) is 0 Å². The van der Waals surface area contributed by atoms with Gasteiger partial charge in [0.15, 0.2) is 0 Å². The summed E-state index contributed by atoms with van der Waals surface area (Å²) in [6, 6.07) is 0. The number of aliphatic hydroxyl groups excluding tert-OH is 1. The van der Waals surface area contributed by atoms with Crippen LogP contribution in [0.5, 0.6) is 0 Å². The molecule has 5 fully saturated rings. The van der Waals surface area contributed by atoms with Crippen LogP contribution in [0.4, 0.5) is 0 Å². The lowest BCUT2D eigenvalue weighted by atomic mass is 9.44. The van der Waals surface area contributed by atoms with Crippen molar-refractivity contribution in [1.82, 2.24) is 0 Å². The quantitative estimate of drug-likeness (QED) is 0.671. The fourth-order valence-corrected chi connectivity index (χ4v) is 9.00. The molecule has 0 aliphatic heterocycles. The monoisotopic (exact) mass is 330 g/mol. The van der Waals surface area contributed by atoms with Gasteiger partial charge in [0.25, 0.3) is 0 Å². The Morgan fingerprint density at radius 1 is 0.833 bits per heavy atom. The zero-order valence-corrected chi connectivity index (χ0v) is 16.1. The van der Waals surface area contributed by atoms with E-state index >= 15 is 0 Å². The van der Waals surface area contributed by atoms with E-state index in [4.69, 9.17) is 0 Å². The summed E-state index contributed by atoms with van der Waals surface area (Å²) in [5, 5.41) is 10.6. The molecule has 1 nitrogen and oxygen atoms in total. The molecule has 0 aromatic carbocycles. The van der Waals surface area contributed by atoms with Crippen LogP contribution in [0.1, 0.15) is 78.6 Å². The second-order valence-corrected chi connectivity index (χ2v) is 11.1. The van der Waals surface area contributed by atoms with Gasteiger partial charge < -0.3 is 5.11 Å². The van der Waals surface area contributed by atoms with Gasteiger partial charge in [0.2, 0.25) is 0 Å². The molecule has 24 heavy (non-hydrogen) atoms. The van der Waals surface area contributed by atoms with Crippen molar-refractivity contribution >= 4 is 0 Å². The fraction of sp³-hybridized carbons (Fsp3) is 1.00. The third-order valence-corrected chi connectivity index (χ3v) is 9.93. The minimum Gasteiger partial charge on any atom is -0.393 e. The van der Waals surface area contributed by atoms with Gasteiger partial charge in [0, 0.05) is 0 Å². The Kier molecular flexibility index (Phi) is 3.69. The van der Waals surface area contributed by atoms with E-state index in [0.717, 1.165) is 47.3 Å². The van der Waals surface area contributed by atoms with E-state index < -0.39 is 0 Å². The van der Waals surface area contributed by atoms with Gasteiger partial charge in [0.1, 0.15) is 0 Å². The highest BCUT2D eigenvalue weighted by molar-refractivity contribution is 5.12. The summed E-state index contributed by atoms with van der Waals surface area (Å²) in [5.74, 6) is 8.53. The van der Waals surface area contributed by atoms with Crippen LogP contribution in [0.25, 0.3) is 0 Å². The molecule has 5 aliphatic carbocycles. The van der Waals surface area contributed by atoms with Crippen molar-refractivity contribution in [2.24, 2.45) is 58.7 Å². The maximum absolute atomic E-state index is 10.6. The first-order valence-electron chi connectivity index (χ1n) is 11.2. The second-order valence-electron chi connectivity index (χ2n) is 11.1. The van der Waals surface area contributed by atoms with Crippen LogP contribution >= 0.6 is 0 Å². The highest BCUT2D eigenvalue weighted by Gasteiger charge is 2.64. The zero-order chi connectivity index (χ0) is 16.6. The van der Waals surface area contributed by atoms with Gasteiger partial charge >= 0.3 is 0 Å². The molecule has 0 saturated heterocycles. The van der Waals surface area contributed by atoms with Gasteiger partial charge in [-0.2, -0.15) is 0 Å². The molecule has 5 aliphatic rings. The summed E-state index contributed by atoms with van der Waals surface area (Å²) in [6.45, 7) is 7.18. The predicted octanol–water partition coefficient (Wildman–Crippen LogP) is 5.52. The minimum atomic E-state index is -0.0868. The summed E-state index contributed by atoms with van der Waals surface area (Å²) >= 11 is 0. The lowest BCUT2D eigenvalue weighted by Gasteiger charge is -2.61. The zero-order valence-electron chi connectivity index (χ0n) is 16.1. The third-order valence-electron chi connectivity index (χ3n) is 9.93. The van der Waals surface area contributed by atoms with Gasteiger partial charge in [-0.1, -0.05) is 20.3 Å². The molecule has 1 N–H and O–H groups in total. The largest absolute Gasteiger partial charge is 0.393 e. The van der Waals surface area contributed by atoms with Crippen molar-refractivity contribution in [3.63, 3.8) is 0 Å². The summed E-state index contributed by atoms with van der Waals surface area (Å²) < 4.78 is 0. The Bertz CT molecular complexity index is 498. The first-order valence-corrected chi connectivity index (χ1v) is 11.2. The molecular formula is C23H38O. The molecule has 0 radical (unpaired) electrons. The van der Waals surface area contributed by atoms with E-state index in [-0.39, 0.29) is 6.10 Å². The molecule has 0 bridgehead atoms. The molecule has 0 heterocycles. The van der Waals surface area contributed by atoms with Crippen LogP contribution in [0.2, 0.25) is 0 Å². The van der Waals surface area contributed by atoms with Crippen molar-refractivity contribution in [3.05, 3.63) is 0 Å².